The number of Topliss-reactive ketones (excluding diaryl/α,β-unsaturated/α-hetero) is 1. The van der Waals surface area contributed by atoms with Crippen LogP contribution in [0.25, 0.3) is 0 Å². The molecule has 0 spiro atoms. The molecule has 0 atom stereocenters. The van der Waals surface area contributed by atoms with E-state index in [1.165, 1.54) is 12.1 Å². The molecule has 0 unspecified atom stereocenters. The van der Waals surface area contributed by atoms with E-state index in [0.29, 0.717) is 5.56 Å². The van der Waals surface area contributed by atoms with Crippen LogP contribution in [0.2, 0.25) is 0 Å². The number of carboxylic acid groups (broad SMARTS) is 1. The summed E-state index contributed by atoms with van der Waals surface area (Å²) in [6.07, 6.45) is 0. The molecular weight excluding hydrogens is 240 g/mol. The molecule has 0 amide bonds. The molecular formula is C16H10O3. The van der Waals surface area contributed by atoms with Crippen LogP contribution in [-0.4, -0.2) is 16.9 Å². The summed E-state index contributed by atoms with van der Waals surface area (Å²) in [4.78, 5) is 22.9. The summed E-state index contributed by atoms with van der Waals surface area (Å²) in [6, 6.07) is 15.1. The molecule has 2 aromatic rings. The van der Waals surface area contributed by atoms with Crippen molar-refractivity contribution in [1.82, 2.24) is 0 Å². The minimum Gasteiger partial charge on any atom is -0.478 e. The summed E-state index contributed by atoms with van der Waals surface area (Å²) in [7, 11) is 0. The molecule has 92 valence electrons. The lowest BCUT2D eigenvalue weighted by Gasteiger charge is -1.99. The van der Waals surface area contributed by atoms with Crippen LogP contribution >= 0.6 is 0 Å². The van der Waals surface area contributed by atoms with E-state index in [1.807, 2.05) is 18.2 Å². The molecule has 0 heterocycles. The van der Waals surface area contributed by atoms with Gasteiger partial charge in [0.05, 0.1) is 5.56 Å². The van der Waals surface area contributed by atoms with Gasteiger partial charge in [0.15, 0.2) is 0 Å². The number of aromatic carboxylic acids is 1. The number of ketones is 1. The highest BCUT2D eigenvalue weighted by molar-refractivity contribution is 6.14. The molecule has 2 rings (SSSR count). The van der Waals surface area contributed by atoms with Crippen molar-refractivity contribution >= 4 is 11.8 Å². The zero-order valence-corrected chi connectivity index (χ0v) is 9.96. The number of carboxylic acids is 1. The SMILES string of the molecule is O=C(O)c1ccccc1C(=O)C#Cc1ccccc1. The minimum absolute atomic E-state index is 0.0325. The highest BCUT2D eigenvalue weighted by Gasteiger charge is 2.13. The first-order chi connectivity index (χ1) is 9.18. The quantitative estimate of drug-likeness (QED) is 0.658. The van der Waals surface area contributed by atoms with Crippen molar-refractivity contribution < 1.29 is 14.7 Å². The van der Waals surface area contributed by atoms with E-state index >= 15 is 0 Å². The van der Waals surface area contributed by atoms with Gasteiger partial charge in [0.1, 0.15) is 0 Å². The van der Waals surface area contributed by atoms with E-state index in [1.54, 1.807) is 24.3 Å². The van der Waals surface area contributed by atoms with E-state index in [0.717, 1.165) is 0 Å². The molecule has 19 heavy (non-hydrogen) atoms. The summed E-state index contributed by atoms with van der Waals surface area (Å²) in [6.45, 7) is 0. The predicted octanol–water partition coefficient (Wildman–Crippen LogP) is 2.62. The van der Waals surface area contributed by atoms with Gasteiger partial charge in [-0.25, -0.2) is 4.79 Å². The molecule has 3 heteroatoms. The fourth-order valence-corrected chi connectivity index (χ4v) is 1.59. The van der Waals surface area contributed by atoms with Gasteiger partial charge in [0.25, 0.3) is 0 Å². The second-order valence-electron chi connectivity index (χ2n) is 3.80. The lowest BCUT2D eigenvalue weighted by molar-refractivity contribution is 0.0693. The monoisotopic (exact) mass is 250 g/mol. The van der Waals surface area contributed by atoms with Gasteiger partial charge < -0.3 is 5.11 Å². The van der Waals surface area contributed by atoms with Crippen molar-refractivity contribution in [2.24, 2.45) is 0 Å². The number of benzene rings is 2. The molecule has 0 aliphatic heterocycles. The van der Waals surface area contributed by atoms with Gasteiger partial charge in [-0.05, 0) is 30.2 Å². The van der Waals surface area contributed by atoms with Crippen LogP contribution in [0.1, 0.15) is 26.3 Å². The molecule has 0 saturated carbocycles. The van der Waals surface area contributed by atoms with Gasteiger partial charge in [-0.3, -0.25) is 4.79 Å². The number of carbonyl (C=O) groups is 2. The molecule has 0 fully saturated rings. The van der Waals surface area contributed by atoms with Gasteiger partial charge in [-0.2, -0.15) is 0 Å². The Morgan fingerprint density at radius 1 is 0.842 bits per heavy atom. The van der Waals surface area contributed by atoms with Crippen molar-refractivity contribution in [3.8, 4) is 11.8 Å². The Labute approximate surface area is 110 Å². The van der Waals surface area contributed by atoms with E-state index in [2.05, 4.69) is 11.8 Å². The summed E-state index contributed by atoms with van der Waals surface area (Å²) in [5.41, 5.74) is 0.789. The summed E-state index contributed by atoms with van der Waals surface area (Å²) in [5.74, 6) is 3.54. The lowest BCUT2D eigenvalue weighted by atomic mass is 10.0. The average Bonchev–Trinajstić information content (AvgIpc) is 2.46. The van der Waals surface area contributed by atoms with Crippen LogP contribution in [0.5, 0.6) is 0 Å². The molecule has 1 N–H and O–H groups in total. The third-order valence-electron chi connectivity index (χ3n) is 2.50. The normalized spacial score (nSPS) is 9.26. The second-order valence-corrected chi connectivity index (χ2v) is 3.80. The summed E-state index contributed by atoms with van der Waals surface area (Å²) < 4.78 is 0. The number of carbonyl (C=O) groups excluding carboxylic acids is 1. The Hall–Kier alpha value is -2.86. The fraction of sp³-hybridized carbons (Fsp3) is 0. The number of hydrogen-bond donors (Lipinski definition) is 1. The van der Waals surface area contributed by atoms with Crippen LogP contribution in [0, 0.1) is 11.8 Å². The van der Waals surface area contributed by atoms with E-state index in [-0.39, 0.29) is 11.1 Å². The first kappa shape index (κ1) is 12.6. The topological polar surface area (TPSA) is 54.4 Å². The van der Waals surface area contributed by atoms with E-state index in [9.17, 15) is 9.59 Å². The average molecular weight is 250 g/mol. The Kier molecular flexibility index (Phi) is 3.75. The van der Waals surface area contributed by atoms with Crippen LogP contribution in [0.4, 0.5) is 0 Å². The molecule has 2 aromatic carbocycles. The zero-order valence-electron chi connectivity index (χ0n) is 9.96. The Bertz CT molecular complexity index is 676. The lowest BCUT2D eigenvalue weighted by Crippen LogP contribution is -2.06. The largest absolute Gasteiger partial charge is 0.478 e. The minimum atomic E-state index is -1.13. The smallest absolute Gasteiger partial charge is 0.336 e. The second kappa shape index (κ2) is 5.65. The van der Waals surface area contributed by atoms with E-state index in [4.69, 9.17) is 5.11 Å². The van der Waals surface area contributed by atoms with Crippen LogP contribution in [0.3, 0.4) is 0 Å². The fourth-order valence-electron chi connectivity index (χ4n) is 1.59. The Morgan fingerprint density at radius 2 is 1.42 bits per heavy atom. The maximum Gasteiger partial charge on any atom is 0.336 e. The predicted molar refractivity (Wildman–Crippen MR) is 71.1 cm³/mol. The van der Waals surface area contributed by atoms with Crippen molar-refractivity contribution in [1.29, 1.82) is 0 Å². The molecule has 0 saturated heterocycles. The van der Waals surface area contributed by atoms with Gasteiger partial charge in [0, 0.05) is 11.1 Å². The van der Waals surface area contributed by atoms with Gasteiger partial charge in [0.2, 0.25) is 5.78 Å². The number of hydrogen-bond acceptors (Lipinski definition) is 2. The van der Waals surface area contributed by atoms with Gasteiger partial charge >= 0.3 is 5.97 Å². The first-order valence-corrected chi connectivity index (χ1v) is 5.62. The molecule has 0 aromatic heterocycles. The van der Waals surface area contributed by atoms with Crippen LogP contribution in [0.15, 0.2) is 54.6 Å². The molecule has 0 aliphatic rings. The summed E-state index contributed by atoms with van der Waals surface area (Å²) in [5, 5.41) is 9.00. The van der Waals surface area contributed by atoms with Crippen molar-refractivity contribution in [3.05, 3.63) is 71.3 Å². The molecule has 3 nitrogen and oxygen atoms in total. The van der Waals surface area contributed by atoms with Crippen LogP contribution < -0.4 is 0 Å². The highest BCUT2D eigenvalue weighted by Crippen LogP contribution is 2.09. The maximum absolute atomic E-state index is 11.9. The Balaban J connectivity index is 2.32. The zero-order chi connectivity index (χ0) is 13.7. The van der Waals surface area contributed by atoms with Crippen molar-refractivity contribution in [3.63, 3.8) is 0 Å². The van der Waals surface area contributed by atoms with E-state index < -0.39 is 11.8 Å². The standard InChI is InChI=1S/C16H10O3/c17-15(11-10-12-6-2-1-3-7-12)13-8-4-5-9-14(13)16(18)19/h1-9H,(H,18,19). The third kappa shape index (κ3) is 3.08. The first-order valence-electron chi connectivity index (χ1n) is 5.62. The number of rotatable bonds is 2. The van der Waals surface area contributed by atoms with Gasteiger partial charge in [-0.1, -0.05) is 36.3 Å². The maximum atomic E-state index is 11.9. The molecule has 0 radical (unpaired) electrons. The van der Waals surface area contributed by atoms with Crippen molar-refractivity contribution in [2.75, 3.05) is 0 Å². The highest BCUT2D eigenvalue weighted by atomic mass is 16.4. The van der Waals surface area contributed by atoms with Gasteiger partial charge in [-0.15, -0.1) is 0 Å². The van der Waals surface area contributed by atoms with Crippen molar-refractivity contribution in [2.45, 2.75) is 0 Å². The molecule has 0 bridgehead atoms. The Morgan fingerprint density at radius 3 is 2.05 bits per heavy atom. The summed E-state index contributed by atoms with van der Waals surface area (Å²) >= 11 is 0. The molecule has 0 aliphatic carbocycles. The van der Waals surface area contributed by atoms with Crippen LogP contribution in [-0.2, 0) is 0 Å². The third-order valence-corrected chi connectivity index (χ3v) is 2.50.